The van der Waals surface area contributed by atoms with E-state index in [1.165, 1.54) is 16.5 Å². The lowest BCUT2D eigenvalue weighted by Crippen LogP contribution is -2.41. The molecule has 2 aromatic heterocycles. The summed E-state index contributed by atoms with van der Waals surface area (Å²) in [4.78, 5) is 11.2. The van der Waals surface area contributed by atoms with Crippen LogP contribution in [-0.2, 0) is 4.94 Å². The topological polar surface area (TPSA) is 42.8 Å². The van der Waals surface area contributed by atoms with Gasteiger partial charge in [0, 0.05) is 29.1 Å². The Morgan fingerprint density at radius 3 is 2.24 bits per heavy atom. The van der Waals surface area contributed by atoms with Gasteiger partial charge >= 0.3 is 0 Å². The maximum Gasteiger partial charge on any atom is 0.138 e. The van der Waals surface area contributed by atoms with Crippen molar-refractivity contribution < 1.29 is 9.68 Å². The van der Waals surface area contributed by atoms with Crippen molar-refractivity contribution in [3.63, 3.8) is 0 Å². The number of anilines is 3. The summed E-state index contributed by atoms with van der Waals surface area (Å²) in [5, 5.41) is 6.12. The highest BCUT2D eigenvalue weighted by Gasteiger charge is 2.35. The van der Waals surface area contributed by atoms with E-state index in [-0.39, 0.29) is 5.54 Å². The number of aryl methyl sites for hydroxylation is 1. The van der Waals surface area contributed by atoms with Gasteiger partial charge in [-0.3, -0.25) is 4.57 Å². The Morgan fingerprint density at radius 1 is 0.652 bits per heavy atom. The zero-order chi connectivity index (χ0) is 31.4. The van der Waals surface area contributed by atoms with Gasteiger partial charge in [0.2, 0.25) is 0 Å². The monoisotopic (exact) mass is 602 g/mol. The average Bonchev–Trinajstić information content (AvgIpc) is 3.62. The van der Waals surface area contributed by atoms with Crippen LogP contribution in [-0.4, -0.2) is 15.1 Å². The first-order chi connectivity index (χ1) is 22.3. The molecule has 0 radical (unpaired) electrons. The molecule has 7 aromatic rings. The predicted octanol–water partition coefficient (Wildman–Crippen LogP) is 10.5. The van der Waals surface area contributed by atoms with E-state index in [1.807, 2.05) is 58.8 Å². The van der Waals surface area contributed by atoms with E-state index in [1.54, 1.807) is 0 Å². The average molecular weight is 603 g/mol. The summed E-state index contributed by atoms with van der Waals surface area (Å²) in [6.07, 6.45) is 1.89. The number of benzene rings is 5. The Bertz CT molecular complexity index is 2250. The quantitative estimate of drug-likeness (QED) is 0.196. The molecular formula is C40H34N4O2. The minimum absolute atomic E-state index is 0.221. The number of ether oxygens (including phenoxy) is 1. The summed E-state index contributed by atoms with van der Waals surface area (Å²) in [5.74, 6) is 2.32. The summed E-state index contributed by atoms with van der Waals surface area (Å²) >= 11 is 0. The Morgan fingerprint density at radius 2 is 1.39 bits per heavy atom. The van der Waals surface area contributed by atoms with Crippen molar-refractivity contribution in [3.8, 4) is 28.4 Å². The van der Waals surface area contributed by atoms with Crippen molar-refractivity contribution in [3.05, 3.63) is 139 Å². The van der Waals surface area contributed by atoms with Gasteiger partial charge in [-0.25, -0.2) is 10.0 Å². The number of para-hydroxylation sites is 3. The molecule has 0 N–H and O–H groups in total. The molecule has 0 atom stereocenters. The third-order valence-corrected chi connectivity index (χ3v) is 8.46. The van der Waals surface area contributed by atoms with Crippen LogP contribution in [0, 0.1) is 6.92 Å². The van der Waals surface area contributed by atoms with Crippen molar-refractivity contribution in [2.24, 2.45) is 0 Å². The van der Waals surface area contributed by atoms with Gasteiger partial charge in [-0.1, -0.05) is 60.7 Å². The first kappa shape index (κ1) is 27.9. The van der Waals surface area contributed by atoms with E-state index in [9.17, 15) is 0 Å². The van der Waals surface area contributed by atoms with Crippen LogP contribution in [0.1, 0.15) is 26.3 Å². The second-order valence-corrected chi connectivity index (χ2v) is 12.7. The number of aromatic nitrogens is 2. The van der Waals surface area contributed by atoms with Crippen molar-refractivity contribution in [2.45, 2.75) is 33.2 Å². The van der Waals surface area contributed by atoms with Crippen molar-refractivity contribution >= 4 is 38.9 Å². The number of nitrogens with zero attached hydrogens (tertiary/aromatic N) is 4. The molecule has 226 valence electrons. The third-order valence-electron chi connectivity index (χ3n) is 8.46. The fourth-order valence-corrected chi connectivity index (χ4v) is 6.32. The van der Waals surface area contributed by atoms with E-state index in [2.05, 4.69) is 117 Å². The molecule has 3 heterocycles. The summed E-state index contributed by atoms with van der Waals surface area (Å²) in [5.41, 5.74) is 8.36. The maximum atomic E-state index is 6.53. The Balaban J connectivity index is 1.18. The number of hydrogen-bond donors (Lipinski definition) is 0. The van der Waals surface area contributed by atoms with Crippen LogP contribution in [0.4, 0.5) is 17.1 Å². The van der Waals surface area contributed by atoms with Gasteiger partial charge in [0.05, 0.1) is 33.6 Å². The van der Waals surface area contributed by atoms with E-state index >= 15 is 0 Å². The zero-order valence-corrected chi connectivity index (χ0v) is 26.3. The molecule has 1 aliphatic heterocycles. The van der Waals surface area contributed by atoms with E-state index in [0.29, 0.717) is 0 Å². The van der Waals surface area contributed by atoms with E-state index in [4.69, 9.17) is 14.7 Å². The normalized spacial score (nSPS) is 13.0. The fraction of sp³-hybridized carbons (Fsp3) is 0.125. The number of hydroxylamine groups is 1. The lowest BCUT2D eigenvalue weighted by Gasteiger charge is -2.31. The summed E-state index contributed by atoms with van der Waals surface area (Å²) in [6.45, 7) is 8.55. The molecule has 5 aromatic carbocycles. The highest BCUT2D eigenvalue weighted by molar-refractivity contribution is 6.09. The number of pyridine rings is 1. The van der Waals surface area contributed by atoms with E-state index in [0.717, 1.165) is 56.4 Å². The zero-order valence-electron chi connectivity index (χ0n) is 26.3. The second kappa shape index (κ2) is 10.8. The lowest BCUT2D eigenvalue weighted by molar-refractivity contribution is 0.0842. The maximum absolute atomic E-state index is 6.53. The third kappa shape index (κ3) is 4.75. The molecule has 1 aliphatic rings. The van der Waals surface area contributed by atoms with Crippen molar-refractivity contribution in [2.75, 3.05) is 10.1 Å². The van der Waals surface area contributed by atoms with Crippen molar-refractivity contribution in [1.82, 2.24) is 9.55 Å². The molecule has 6 nitrogen and oxygen atoms in total. The van der Waals surface area contributed by atoms with Crippen molar-refractivity contribution in [1.29, 1.82) is 0 Å². The highest BCUT2D eigenvalue weighted by Crippen LogP contribution is 2.45. The molecule has 46 heavy (non-hydrogen) atoms. The Hall–Kier alpha value is -5.59. The van der Waals surface area contributed by atoms with Crippen LogP contribution in [0.2, 0.25) is 0 Å². The number of rotatable bonds is 5. The SMILES string of the molecule is Cc1ccccc1-c1ccnc(-n2c3ccccc3c3ccc(Oc4cccc(N5ON(C(C)(C)C)c6ccccc65)c4)cc32)c1. The van der Waals surface area contributed by atoms with Gasteiger partial charge in [0.1, 0.15) is 17.3 Å². The molecule has 0 saturated carbocycles. The molecule has 6 heteroatoms. The molecule has 0 unspecified atom stereocenters. The lowest BCUT2D eigenvalue weighted by atomic mass is 10.0. The number of fused-ring (bicyclic) bond motifs is 4. The van der Waals surface area contributed by atoms with Gasteiger partial charge in [0.15, 0.2) is 0 Å². The van der Waals surface area contributed by atoms with Crippen LogP contribution in [0.5, 0.6) is 11.5 Å². The smallest absolute Gasteiger partial charge is 0.138 e. The summed E-state index contributed by atoms with van der Waals surface area (Å²) < 4.78 is 8.76. The molecule has 0 aliphatic carbocycles. The van der Waals surface area contributed by atoms with Crippen LogP contribution in [0.25, 0.3) is 38.8 Å². The highest BCUT2D eigenvalue weighted by atomic mass is 16.9. The van der Waals surface area contributed by atoms with Crippen LogP contribution in [0.3, 0.4) is 0 Å². The van der Waals surface area contributed by atoms with Crippen LogP contribution < -0.4 is 14.9 Å². The minimum Gasteiger partial charge on any atom is -0.457 e. The van der Waals surface area contributed by atoms with Gasteiger partial charge in [-0.05, 0) is 99.0 Å². The molecular weight excluding hydrogens is 568 g/mol. The van der Waals surface area contributed by atoms with Gasteiger partial charge in [-0.15, -0.1) is 4.94 Å². The Labute approximate surface area is 268 Å². The van der Waals surface area contributed by atoms with Crippen LogP contribution in [0.15, 0.2) is 134 Å². The van der Waals surface area contributed by atoms with E-state index < -0.39 is 0 Å². The predicted molar refractivity (Wildman–Crippen MR) is 187 cm³/mol. The van der Waals surface area contributed by atoms with Crippen LogP contribution >= 0.6 is 0 Å². The van der Waals surface area contributed by atoms with Gasteiger partial charge in [0.25, 0.3) is 0 Å². The number of hydrogen-bond acceptors (Lipinski definition) is 5. The summed E-state index contributed by atoms with van der Waals surface area (Å²) in [6, 6.07) is 43.7. The molecule has 8 rings (SSSR count). The minimum atomic E-state index is -0.221. The second-order valence-electron chi connectivity index (χ2n) is 12.7. The molecule has 0 fully saturated rings. The van der Waals surface area contributed by atoms with Gasteiger partial charge < -0.3 is 4.74 Å². The first-order valence-corrected chi connectivity index (χ1v) is 15.6. The molecule has 0 spiro atoms. The molecule has 0 saturated heterocycles. The fourth-order valence-electron chi connectivity index (χ4n) is 6.32. The van der Waals surface area contributed by atoms with Gasteiger partial charge in [-0.2, -0.15) is 5.06 Å². The molecule has 0 bridgehead atoms. The summed E-state index contributed by atoms with van der Waals surface area (Å²) in [7, 11) is 0. The standard InChI is InChI=1S/C40H34N4O2/c1-27-12-5-6-15-32(27)28-22-23-41-39(24-28)42-35-17-8-7-16-33(35)34-21-20-31(26-38(34)42)45-30-14-11-13-29(25-30)43-36-18-9-10-19-37(36)44(46-43)40(2,3)4/h5-26H,1-4H3. The first-order valence-electron chi connectivity index (χ1n) is 15.6. The largest absolute Gasteiger partial charge is 0.457 e. The Kier molecular flexibility index (Phi) is 6.55. The molecule has 0 amide bonds.